The largest absolute Gasteiger partial charge is 0.505 e. The number of amides is 2. The van der Waals surface area contributed by atoms with Crippen LogP contribution in [0.2, 0.25) is 0 Å². The predicted octanol–water partition coefficient (Wildman–Crippen LogP) is 2.73. The summed E-state index contributed by atoms with van der Waals surface area (Å²) in [4.78, 5) is 42.0. The number of hydrogen-bond acceptors (Lipinski definition) is 9. The minimum absolute atomic E-state index is 0.0567. The van der Waals surface area contributed by atoms with Crippen LogP contribution in [0.1, 0.15) is 48.9 Å². The summed E-state index contributed by atoms with van der Waals surface area (Å²) in [5.41, 5.74) is 0.831. The first-order chi connectivity index (χ1) is 17.6. The van der Waals surface area contributed by atoms with Crippen LogP contribution in [-0.2, 0) is 11.3 Å². The van der Waals surface area contributed by atoms with E-state index in [-0.39, 0.29) is 41.9 Å². The summed E-state index contributed by atoms with van der Waals surface area (Å²) in [5, 5.41) is 22.7. The molecule has 2 aliphatic heterocycles. The number of nitrogens with zero attached hydrogens (tertiary/aromatic N) is 6. The molecule has 0 aliphatic carbocycles. The van der Waals surface area contributed by atoms with Crippen LogP contribution in [-0.4, -0.2) is 67.7 Å². The lowest BCUT2D eigenvalue weighted by Gasteiger charge is -2.35. The Kier molecular flexibility index (Phi) is 6.03. The molecule has 2 aliphatic rings. The normalized spacial score (nSPS) is 18.6. The molecule has 5 rings (SSSR count). The first-order valence-electron chi connectivity index (χ1n) is 12.0. The van der Waals surface area contributed by atoms with E-state index in [0.29, 0.717) is 29.6 Å². The van der Waals surface area contributed by atoms with Gasteiger partial charge in [-0.1, -0.05) is 6.07 Å². The molecule has 0 radical (unpaired) electrons. The Morgan fingerprint density at radius 2 is 1.97 bits per heavy atom. The Morgan fingerprint density at radius 1 is 1.16 bits per heavy atom. The Labute approximate surface area is 213 Å². The second kappa shape index (κ2) is 9.20. The van der Waals surface area contributed by atoms with Crippen molar-refractivity contribution in [2.75, 3.05) is 18.0 Å². The fourth-order valence-corrected chi connectivity index (χ4v) is 4.76. The quantitative estimate of drug-likeness (QED) is 0.551. The average molecular weight is 502 g/mol. The maximum absolute atomic E-state index is 12.7. The van der Waals surface area contributed by atoms with E-state index in [1.807, 2.05) is 32.9 Å². The van der Waals surface area contributed by atoms with Gasteiger partial charge in [-0.15, -0.1) is 0 Å². The number of aromatic hydroxyl groups is 1. The first-order valence-corrected chi connectivity index (χ1v) is 12.0. The monoisotopic (exact) mass is 501 g/mol. The number of nitrogens with one attached hydrogen (secondary N) is 1. The molecule has 2 saturated heterocycles. The third kappa shape index (κ3) is 4.82. The van der Waals surface area contributed by atoms with Crippen LogP contribution < -0.4 is 10.2 Å². The number of piperazine rings is 1. The Hall–Kier alpha value is -4.46. The van der Waals surface area contributed by atoms with E-state index in [1.165, 1.54) is 12.4 Å². The van der Waals surface area contributed by atoms with E-state index >= 15 is 0 Å². The summed E-state index contributed by atoms with van der Waals surface area (Å²) in [5.74, 6) is -0.0477. The maximum atomic E-state index is 12.7. The van der Waals surface area contributed by atoms with Crippen LogP contribution in [0.4, 0.5) is 10.6 Å². The van der Waals surface area contributed by atoms with Crippen molar-refractivity contribution in [2.24, 2.45) is 0 Å². The zero-order chi connectivity index (χ0) is 26.3. The lowest BCUT2D eigenvalue weighted by molar-refractivity contribution is 0.0214. The van der Waals surface area contributed by atoms with E-state index in [2.05, 4.69) is 25.2 Å². The molecule has 2 amide bonds. The van der Waals surface area contributed by atoms with Gasteiger partial charge in [0.15, 0.2) is 11.4 Å². The number of fused-ring (bicyclic) bond motifs is 3. The van der Waals surface area contributed by atoms with Crippen LogP contribution in [0.5, 0.6) is 5.75 Å². The molecular formula is C26H27N7O4. The van der Waals surface area contributed by atoms with E-state index in [9.17, 15) is 14.7 Å². The number of rotatable bonds is 4. The van der Waals surface area contributed by atoms with Crippen molar-refractivity contribution in [3.8, 4) is 11.8 Å². The minimum atomic E-state index is -0.538. The van der Waals surface area contributed by atoms with Gasteiger partial charge in [-0.2, -0.15) is 5.26 Å². The van der Waals surface area contributed by atoms with Gasteiger partial charge in [0.25, 0.3) is 5.91 Å². The van der Waals surface area contributed by atoms with Crippen molar-refractivity contribution in [1.82, 2.24) is 25.2 Å². The van der Waals surface area contributed by atoms with E-state index in [0.717, 1.165) is 12.2 Å². The van der Waals surface area contributed by atoms with Crippen LogP contribution in [0.25, 0.3) is 10.9 Å². The predicted molar refractivity (Wildman–Crippen MR) is 134 cm³/mol. The Bertz CT molecular complexity index is 1410. The lowest BCUT2D eigenvalue weighted by Crippen LogP contribution is -2.50. The summed E-state index contributed by atoms with van der Waals surface area (Å²) < 4.78 is 5.54. The molecule has 3 aromatic heterocycles. The highest BCUT2D eigenvalue weighted by atomic mass is 16.6. The molecule has 37 heavy (non-hydrogen) atoms. The van der Waals surface area contributed by atoms with Gasteiger partial charge in [-0.05, 0) is 51.0 Å². The molecule has 3 aromatic rings. The summed E-state index contributed by atoms with van der Waals surface area (Å²) in [7, 11) is 0. The molecule has 2 atom stereocenters. The summed E-state index contributed by atoms with van der Waals surface area (Å²) in [6.45, 7) is 6.95. The molecule has 190 valence electrons. The molecule has 2 N–H and O–H groups in total. The Balaban J connectivity index is 1.27. The number of pyridine rings is 3. The maximum Gasteiger partial charge on any atom is 0.410 e. The van der Waals surface area contributed by atoms with E-state index in [1.54, 1.807) is 23.1 Å². The number of ether oxygens (including phenoxy) is 1. The van der Waals surface area contributed by atoms with Crippen molar-refractivity contribution in [2.45, 2.75) is 51.4 Å². The van der Waals surface area contributed by atoms with Gasteiger partial charge >= 0.3 is 6.09 Å². The highest BCUT2D eigenvalue weighted by Crippen LogP contribution is 2.36. The standard InChI is InChI=1S/C26H27N7O4/c1-26(2,3)37-25(36)33-14-17-8-18(33)13-32(17)21-7-6-19-20(31-21)12-29-22(23(19)34)24(35)30-11-15-4-5-16(9-27)28-10-15/h4-7,10,12,17-18,34H,8,11,13-14H2,1-3H3,(H,30,35)/t17-,18-/m0/s1. The minimum Gasteiger partial charge on any atom is -0.505 e. The average Bonchev–Trinajstić information content (AvgIpc) is 3.48. The van der Waals surface area contributed by atoms with Gasteiger partial charge in [0.05, 0.1) is 23.8 Å². The fourth-order valence-electron chi connectivity index (χ4n) is 4.76. The zero-order valence-electron chi connectivity index (χ0n) is 20.8. The van der Waals surface area contributed by atoms with Gasteiger partial charge in [0.2, 0.25) is 0 Å². The highest BCUT2D eigenvalue weighted by Gasteiger charge is 2.47. The van der Waals surface area contributed by atoms with Gasteiger partial charge in [0, 0.05) is 31.2 Å². The van der Waals surface area contributed by atoms with E-state index in [4.69, 9.17) is 10.00 Å². The fraction of sp³-hybridized carbons (Fsp3) is 0.385. The summed E-state index contributed by atoms with van der Waals surface area (Å²) >= 11 is 0. The molecular weight excluding hydrogens is 474 g/mol. The molecule has 0 aromatic carbocycles. The number of likely N-dealkylation sites (tertiary alicyclic amines) is 1. The molecule has 0 saturated carbocycles. The van der Waals surface area contributed by atoms with Gasteiger partial charge in [0.1, 0.15) is 23.2 Å². The third-order valence-electron chi connectivity index (χ3n) is 6.48. The van der Waals surface area contributed by atoms with Crippen LogP contribution >= 0.6 is 0 Å². The van der Waals surface area contributed by atoms with Crippen LogP contribution in [0.15, 0.2) is 36.7 Å². The molecule has 0 unspecified atom stereocenters. The SMILES string of the molecule is CC(C)(C)OC(=O)N1C[C@@H]2C[C@H]1CN2c1ccc2c(O)c(C(=O)NCc3ccc(C#N)nc3)ncc2n1. The number of aromatic nitrogens is 3. The molecule has 2 bridgehead atoms. The molecule has 0 spiro atoms. The number of carbonyl (C=O) groups is 2. The summed E-state index contributed by atoms with van der Waals surface area (Å²) in [6.07, 6.45) is 3.53. The van der Waals surface area contributed by atoms with Gasteiger partial charge < -0.3 is 25.0 Å². The number of anilines is 1. The Morgan fingerprint density at radius 3 is 2.62 bits per heavy atom. The zero-order valence-corrected chi connectivity index (χ0v) is 20.8. The molecule has 11 nitrogen and oxygen atoms in total. The van der Waals surface area contributed by atoms with Crippen molar-refractivity contribution in [3.05, 3.63) is 53.6 Å². The van der Waals surface area contributed by atoms with Crippen molar-refractivity contribution in [3.63, 3.8) is 0 Å². The van der Waals surface area contributed by atoms with Crippen molar-refractivity contribution < 1.29 is 19.4 Å². The van der Waals surface area contributed by atoms with Gasteiger partial charge in [-0.3, -0.25) is 4.79 Å². The molecule has 5 heterocycles. The second-order valence-corrected chi connectivity index (χ2v) is 10.2. The lowest BCUT2D eigenvalue weighted by atomic mass is 10.2. The highest BCUT2D eigenvalue weighted by molar-refractivity contribution is 6.00. The number of hydrogen-bond donors (Lipinski definition) is 2. The topological polar surface area (TPSA) is 145 Å². The van der Waals surface area contributed by atoms with Crippen LogP contribution in [0, 0.1) is 11.3 Å². The number of carbonyl (C=O) groups excluding carboxylic acids is 2. The molecule has 11 heteroatoms. The molecule has 2 fully saturated rings. The first kappa shape index (κ1) is 24.2. The number of nitriles is 1. The van der Waals surface area contributed by atoms with Gasteiger partial charge in [-0.25, -0.2) is 19.7 Å². The van der Waals surface area contributed by atoms with Crippen molar-refractivity contribution >= 4 is 28.7 Å². The summed E-state index contributed by atoms with van der Waals surface area (Å²) in [6, 6.07) is 8.93. The second-order valence-electron chi connectivity index (χ2n) is 10.2. The van der Waals surface area contributed by atoms with Crippen molar-refractivity contribution in [1.29, 1.82) is 5.26 Å². The van der Waals surface area contributed by atoms with E-state index < -0.39 is 11.5 Å². The third-order valence-corrected chi connectivity index (χ3v) is 6.48. The smallest absolute Gasteiger partial charge is 0.410 e. The van der Waals surface area contributed by atoms with Crippen LogP contribution in [0.3, 0.4) is 0 Å².